The summed E-state index contributed by atoms with van der Waals surface area (Å²) >= 11 is 0. The van der Waals surface area contributed by atoms with Crippen molar-refractivity contribution in [2.75, 3.05) is 5.32 Å². The fourth-order valence-corrected chi connectivity index (χ4v) is 2.61. The first-order valence-electron chi connectivity index (χ1n) is 7.70. The van der Waals surface area contributed by atoms with E-state index in [0.29, 0.717) is 11.3 Å². The first kappa shape index (κ1) is 16.1. The summed E-state index contributed by atoms with van der Waals surface area (Å²) in [6.45, 7) is 0. The van der Waals surface area contributed by atoms with Crippen molar-refractivity contribution in [1.29, 1.82) is 0 Å². The van der Waals surface area contributed by atoms with Crippen molar-refractivity contribution in [3.05, 3.63) is 72.7 Å². The molecule has 4 rings (SSSR count). The Morgan fingerprint density at radius 2 is 1.81 bits per heavy atom. The summed E-state index contributed by atoms with van der Waals surface area (Å²) in [6.07, 6.45) is 0.672. The molecule has 0 amide bonds. The van der Waals surface area contributed by atoms with E-state index in [1.807, 2.05) is 12.1 Å². The molecule has 0 aliphatic rings. The molecule has 3 heterocycles. The van der Waals surface area contributed by atoms with Crippen LogP contribution in [0.25, 0.3) is 16.8 Å². The largest absolute Gasteiger partial charge is 0.416 e. The molecule has 0 aliphatic carbocycles. The number of nitrogens with zero attached hydrogens (tertiary/aromatic N) is 4. The van der Waals surface area contributed by atoms with Gasteiger partial charge in [0, 0.05) is 23.6 Å². The Morgan fingerprint density at radius 3 is 2.58 bits per heavy atom. The number of pyridine rings is 2. The molecule has 130 valence electrons. The Bertz CT molecular complexity index is 1050. The van der Waals surface area contributed by atoms with Gasteiger partial charge in [0.05, 0.1) is 23.1 Å². The number of halogens is 3. The zero-order valence-electron chi connectivity index (χ0n) is 13.3. The van der Waals surface area contributed by atoms with Crippen LogP contribution in [0.5, 0.6) is 0 Å². The lowest BCUT2D eigenvalue weighted by Crippen LogP contribution is -2.04. The third-order valence-corrected chi connectivity index (χ3v) is 3.89. The first-order valence-corrected chi connectivity index (χ1v) is 7.70. The molecule has 3 aromatic heterocycles. The number of anilines is 2. The Morgan fingerprint density at radius 1 is 1.00 bits per heavy atom. The second kappa shape index (κ2) is 6.14. The van der Waals surface area contributed by atoms with Gasteiger partial charge in [-0.05, 0) is 36.4 Å². The third kappa shape index (κ3) is 3.08. The van der Waals surface area contributed by atoms with Gasteiger partial charge < -0.3 is 5.32 Å². The number of aromatic nitrogens is 4. The Balaban J connectivity index is 1.64. The van der Waals surface area contributed by atoms with E-state index in [1.54, 1.807) is 35.2 Å². The first-order chi connectivity index (χ1) is 12.5. The lowest BCUT2D eigenvalue weighted by molar-refractivity contribution is -0.137. The summed E-state index contributed by atoms with van der Waals surface area (Å²) < 4.78 is 39.7. The molecule has 0 atom stereocenters. The molecule has 4 aromatic rings. The monoisotopic (exact) mass is 355 g/mol. The van der Waals surface area contributed by atoms with E-state index in [-0.39, 0.29) is 0 Å². The standard InChI is InChI=1S/C18H12F3N5/c19-18(20,21)13-5-3-12(4-6-13)16-10-14(7-8-22-16)24-15-2-1-9-26-17(15)11-23-25-26/h1-11H,(H,22,24). The minimum Gasteiger partial charge on any atom is -0.354 e. The van der Waals surface area contributed by atoms with Gasteiger partial charge in [-0.15, -0.1) is 5.10 Å². The van der Waals surface area contributed by atoms with Crippen LogP contribution in [0.4, 0.5) is 24.5 Å². The maximum Gasteiger partial charge on any atom is 0.416 e. The van der Waals surface area contributed by atoms with Gasteiger partial charge in [0.1, 0.15) is 5.52 Å². The van der Waals surface area contributed by atoms with Crippen LogP contribution in [-0.4, -0.2) is 19.8 Å². The summed E-state index contributed by atoms with van der Waals surface area (Å²) in [6, 6.07) is 12.2. The summed E-state index contributed by atoms with van der Waals surface area (Å²) in [7, 11) is 0. The van der Waals surface area contributed by atoms with E-state index in [1.165, 1.54) is 12.1 Å². The van der Waals surface area contributed by atoms with Crippen molar-refractivity contribution >= 4 is 16.9 Å². The number of rotatable bonds is 3. The third-order valence-electron chi connectivity index (χ3n) is 3.89. The summed E-state index contributed by atoms with van der Waals surface area (Å²) in [4.78, 5) is 4.24. The second-order valence-electron chi connectivity index (χ2n) is 5.62. The number of fused-ring (bicyclic) bond motifs is 1. The molecule has 8 heteroatoms. The maximum atomic E-state index is 12.7. The molecule has 0 aliphatic heterocycles. The van der Waals surface area contributed by atoms with E-state index >= 15 is 0 Å². The number of alkyl halides is 3. The smallest absolute Gasteiger partial charge is 0.354 e. The zero-order valence-corrected chi connectivity index (χ0v) is 13.3. The van der Waals surface area contributed by atoms with Crippen molar-refractivity contribution in [1.82, 2.24) is 19.8 Å². The zero-order chi connectivity index (χ0) is 18.1. The summed E-state index contributed by atoms with van der Waals surface area (Å²) in [5, 5.41) is 11.1. The molecule has 1 aromatic carbocycles. The van der Waals surface area contributed by atoms with Crippen molar-refractivity contribution < 1.29 is 13.2 Å². The highest BCUT2D eigenvalue weighted by atomic mass is 19.4. The molecule has 0 radical (unpaired) electrons. The van der Waals surface area contributed by atoms with Crippen molar-refractivity contribution in [3.8, 4) is 11.3 Å². The number of benzene rings is 1. The van der Waals surface area contributed by atoms with Gasteiger partial charge in [-0.2, -0.15) is 13.2 Å². The highest BCUT2D eigenvalue weighted by Gasteiger charge is 2.30. The lowest BCUT2D eigenvalue weighted by Gasteiger charge is -2.10. The predicted octanol–water partition coefficient (Wildman–Crippen LogP) is 4.55. The van der Waals surface area contributed by atoms with Crippen molar-refractivity contribution in [3.63, 3.8) is 0 Å². The van der Waals surface area contributed by atoms with Crippen LogP contribution >= 0.6 is 0 Å². The summed E-state index contributed by atoms with van der Waals surface area (Å²) in [5.41, 5.74) is 2.86. The fraction of sp³-hybridized carbons (Fsp3) is 0.0556. The molecule has 1 N–H and O–H groups in total. The molecular formula is C18H12F3N5. The van der Waals surface area contributed by atoms with Crippen LogP contribution in [0, 0.1) is 0 Å². The second-order valence-corrected chi connectivity index (χ2v) is 5.62. The predicted molar refractivity (Wildman–Crippen MR) is 90.9 cm³/mol. The van der Waals surface area contributed by atoms with E-state index in [4.69, 9.17) is 0 Å². The summed E-state index contributed by atoms with van der Waals surface area (Å²) in [5.74, 6) is 0. The van der Waals surface area contributed by atoms with Crippen LogP contribution in [0.3, 0.4) is 0 Å². The van der Waals surface area contributed by atoms with Gasteiger partial charge in [0.25, 0.3) is 0 Å². The normalized spacial score (nSPS) is 11.7. The minimum absolute atomic E-state index is 0.572. The lowest BCUT2D eigenvalue weighted by atomic mass is 10.1. The van der Waals surface area contributed by atoms with E-state index in [0.717, 1.165) is 29.0 Å². The Kier molecular flexibility index (Phi) is 3.80. The molecular weight excluding hydrogens is 343 g/mol. The topological polar surface area (TPSA) is 55.1 Å². The average Bonchev–Trinajstić information content (AvgIpc) is 3.11. The molecule has 0 bridgehead atoms. The molecule has 0 saturated heterocycles. The van der Waals surface area contributed by atoms with Gasteiger partial charge in [-0.3, -0.25) is 4.98 Å². The van der Waals surface area contributed by atoms with E-state index in [9.17, 15) is 13.2 Å². The van der Waals surface area contributed by atoms with Crippen LogP contribution in [0.15, 0.2) is 67.1 Å². The van der Waals surface area contributed by atoms with Gasteiger partial charge in [-0.1, -0.05) is 17.3 Å². The van der Waals surface area contributed by atoms with E-state index < -0.39 is 11.7 Å². The van der Waals surface area contributed by atoms with Gasteiger partial charge in [0.2, 0.25) is 0 Å². The van der Waals surface area contributed by atoms with Crippen LogP contribution in [0.1, 0.15) is 5.56 Å². The van der Waals surface area contributed by atoms with Gasteiger partial charge >= 0.3 is 6.18 Å². The van der Waals surface area contributed by atoms with Crippen LogP contribution in [0.2, 0.25) is 0 Å². The average molecular weight is 355 g/mol. The molecule has 0 unspecified atom stereocenters. The minimum atomic E-state index is -4.35. The molecule has 0 saturated carbocycles. The van der Waals surface area contributed by atoms with E-state index in [2.05, 4.69) is 20.6 Å². The van der Waals surface area contributed by atoms with Crippen LogP contribution < -0.4 is 5.32 Å². The Labute approximate surface area is 146 Å². The molecule has 0 spiro atoms. The fourth-order valence-electron chi connectivity index (χ4n) is 2.61. The highest BCUT2D eigenvalue weighted by molar-refractivity contribution is 5.77. The highest BCUT2D eigenvalue weighted by Crippen LogP contribution is 2.31. The van der Waals surface area contributed by atoms with Crippen molar-refractivity contribution in [2.45, 2.75) is 6.18 Å². The van der Waals surface area contributed by atoms with Crippen LogP contribution in [-0.2, 0) is 6.18 Å². The number of nitrogens with one attached hydrogen (secondary N) is 1. The van der Waals surface area contributed by atoms with Gasteiger partial charge in [0.15, 0.2) is 0 Å². The quantitative estimate of drug-likeness (QED) is 0.586. The SMILES string of the molecule is FC(F)(F)c1ccc(-c2cc(Nc3cccn4nncc34)ccn2)cc1. The molecule has 26 heavy (non-hydrogen) atoms. The maximum absolute atomic E-state index is 12.7. The number of hydrogen-bond acceptors (Lipinski definition) is 4. The molecule has 0 fully saturated rings. The number of hydrogen-bond donors (Lipinski definition) is 1. The molecule has 5 nitrogen and oxygen atoms in total. The Hall–Kier alpha value is -3.42. The van der Waals surface area contributed by atoms with Gasteiger partial charge in [-0.25, -0.2) is 4.52 Å². The van der Waals surface area contributed by atoms with Crippen molar-refractivity contribution in [2.24, 2.45) is 0 Å².